The molecule has 0 aliphatic carbocycles. The molecule has 0 aromatic heterocycles. The van der Waals surface area contributed by atoms with Crippen LogP contribution in [0.1, 0.15) is 19.3 Å². The molecule has 1 heterocycles. The number of hydrogen-bond donors (Lipinski definition) is 0. The van der Waals surface area contributed by atoms with Crippen molar-refractivity contribution in [3.8, 4) is 0 Å². The van der Waals surface area contributed by atoms with Gasteiger partial charge in [-0.1, -0.05) is 26.1 Å². The Labute approximate surface area is 111 Å². The van der Waals surface area contributed by atoms with Crippen molar-refractivity contribution >= 4 is 31.6 Å². The second-order valence-corrected chi connectivity index (χ2v) is 13.8. The summed E-state index contributed by atoms with van der Waals surface area (Å²) < 4.78 is 0.576. The van der Waals surface area contributed by atoms with Crippen LogP contribution < -0.4 is 18.9 Å². The standard InChI is InChI=1S/C10H21S2Si.Li/c1-5-7-10(13(2,3)4)11-8-6-9-12-10;/h1,5-9H2,2-4H3;/q-1;+1. The van der Waals surface area contributed by atoms with Gasteiger partial charge < -0.3 is 6.92 Å². The minimum Gasteiger partial charge on any atom is -0.343 e. The van der Waals surface area contributed by atoms with E-state index < -0.39 is 8.07 Å². The van der Waals surface area contributed by atoms with E-state index >= 15 is 0 Å². The average Bonchev–Trinajstić information content (AvgIpc) is 2.04. The van der Waals surface area contributed by atoms with Gasteiger partial charge in [0.15, 0.2) is 0 Å². The number of thioether (sulfide) groups is 2. The van der Waals surface area contributed by atoms with Gasteiger partial charge in [0.25, 0.3) is 0 Å². The van der Waals surface area contributed by atoms with Crippen LogP contribution in [0.2, 0.25) is 19.6 Å². The monoisotopic (exact) mass is 240 g/mol. The van der Waals surface area contributed by atoms with Crippen LogP contribution in [0.4, 0.5) is 0 Å². The predicted molar refractivity (Wildman–Crippen MR) is 70.2 cm³/mol. The van der Waals surface area contributed by atoms with Crippen LogP contribution in [0.5, 0.6) is 0 Å². The fraction of sp³-hybridized carbons (Fsp3) is 0.900. The van der Waals surface area contributed by atoms with E-state index in [1.807, 2.05) is 0 Å². The predicted octanol–water partition coefficient (Wildman–Crippen LogP) is 1.05. The van der Waals surface area contributed by atoms with E-state index in [-0.39, 0.29) is 18.9 Å². The Bertz CT molecular complexity index is 156. The largest absolute Gasteiger partial charge is 1.00 e. The SMILES string of the molecule is [CH2-]CCC1([Si](C)(C)C)SCCCS1.[Li+]. The molecule has 0 amide bonds. The van der Waals surface area contributed by atoms with Gasteiger partial charge in [0, 0.05) is 3.70 Å². The fourth-order valence-corrected chi connectivity index (χ4v) is 9.59. The molecule has 0 unspecified atom stereocenters. The first kappa shape index (κ1) is 15.5. The Morgan fingerprint density at radius 3 is 2.07 bits per heavy atom. The van der Waals surface area contributed by atoms with Crippen LogP contribution in [0.3, 0.4) is 0 Å². The molecule has 1 aliphatic rings. The van der Waals surface area contributed by atoms with Crippen molar-refractivity contribution in [3.05, 3.63) is 6.92 Å². The molecule has 0 bridgehead atoms. The van der Waals surface area contributed by atoms with E-state index in [0.717, 1.165) is 6.42 Å². The summed E-state index contributed by atoms with van der Waals surface area (Å²) in [5.41, 5.74) is 0. The molecule has 0 nitrogen and oxygen atoms in total. The van der Waals surface area contributed by atoms with Gasteiger partial charge in [0.2, 0.25) is 0 Å². The third-order valence-corrected chi connectivity index (χ3v) is 12.7. The second kappa shape index (κ2) is 6.30. The first-order valence-corrected chi connectivity index (χ1v) is 10.6. The van der Waals surface area contributed by atoms with Gasteiger partial charge in [-0.25, -0.2) is 0 Å². The fourth-order valence-electron chi connectivity index (χ4n) is 1.76. The molecule has 4 heteroatoms. The maximum atomic E-state index is 4.03. The summed E-state index contributed by atoms with van der Waals surface area (Å²) >= 11 is 4.45. The average molecular weight is 240 g/mol. The van der Waals surface area contributed by atoms with Crippen LogP contribution in [-0.2, 0) is 0 Å². The molecule has 1 saturated heterocycles. The molecule has 0 spiro atoms. The minimum absolute atomic E-state index is 0. The van der Waals surface area contributed by atoms with Crippen LogP contribution in [0.25, 0.3) is 0 Å². The molecular formula is C10H21LiS2Si. The van der Waals surface area contributed by atoms with Crippen molar-refractivity contribution in [2.45, 2.75) is 42.6 Å². The minimum atomic E-state index is -1.04. The Hall–Kier alpha value is 1.51. The maximum absolute atomic E-state index is 4.03. The molecule has 14 heavy (non-hydrogen) atoms. The quantitative estimate of drug-likeness (QED) is 0.534. The van der Waals surface area contributed by atoms with E-state index in [1.165, 1.54) is 24.3 Å². The maximum Gasteiger partial charge on any atom is 1.00 e. The molecule has 0 atom stereocenters. The van der Waals surface area contributed by atoms with Crippen molar-refractivity contribution in [3.63, 3.8) is 0 Å². The molecule has 78 valence electrons. The van der Waals surface area contributed by atoms with Gasteiger partial charge in [0.05, 0.1) is 8.07 Å². The van der Waals surface area contributed by atoms with Gasteiger partial charge in [-0.3, -0.25) is 0 Å². The summed E-state index contributed by atoms with van der Waals surface area (Å²) in [4.78, 5) is 0. The summed E-state index contributed by atoms with van der Waals surface area (Å²) in [6.45, 7) is 11.6. The molecule has 0 N–H and O–H groups in total. The zero-order chi connectivity index (χ0) is 9.95. The first-order valence-electron chi connectivity index (χ1n) is 5.09. The third kappa shape index (κ3) is 3.52. The van der Waals surface area contributed by atoms with Gasteiger partial charge >= 0.3 is 18.9 Å². The van der Waals surface area contributed by atoms with Gasteiger partial charge in [-0.2, -0.15) is 6.42 Å². The number of rotatable bonds is 3. The second-order valence-electron chi connectivity index (χ2n) is 4.66. The molecule has 0 aromatic carbocycles. The van der Waals surface area contributed by atoms with Crippen LogP contribution in [0, 0.1) is 6.92 Å². The van der Waals surface area contributed by atoms with Gasteiger partial charge in [-0.05, 0) is 17.9 Å². The first-order chi connectivity index (χ1) is 6.02. The molecule has 0 aromatic rings. The van der Waals surface area contributed by atoms with Gasteiger partial charge in [-0.15, -0.1) is 23.5 Å². The number of hydrogen-bond acceptors (Lipinski definition) is 2. The van der Waals surface area contributed by atoms with E-state index in [0.29, 0.717) is 3.70 Å². The zero-order valence-electron chi connectivity index (χ0n) is 10.1. The van der Waals surface area contributed by atoms with Crippen molar-refractivity contribution in [2.24, 2.45) is 0 Å². The smallest absolute Gasteiger partial charge is 0.343 e. The van der Waals surface area contributed by atoms with Crippen molar-refractivity contribution in [1.29, 1.82) is 0 Å². The summed E-state index contributed by atoms with van der Waals surface area (Å²) in [6.07, 6.45) is 3.82. The summed E-state index contributed by atoms with van der Waals surface area (Å²) in [7, 11) is -1.04. The van der Waals surface area contributed by atoms with E-state index in [2.05, 4.69) is 50.1 Å². The Morgan fingerprint density at radius 2 is 1.71 bits per heavy atom. The topological polar surface area (TPSA) is 0 Å². The molecule has 0 saturated carbocycles. The van der Waals surface area contributed by atoms with Gasteiger partial charge in [0.1, 0.15) is 0 Å². The summed E-state index contributed by atoms with van der Waals surface area (Å²) in [6, 6.07) is 0. The van der Waals surface area contributed by atoms with E-state index in [1.54, 1.807) is 0 Å². The molecule has 0 radical (unpaired) electrons. The van der Waals surface area contributed by atoms with E-state index in [4.69, 9.17) is 0 Å². The molecule has 1 aliphatic heterocycles. The third-order valence-electron chi connectivity index (χ3n) is 2.61. The Morgan fingerprint density at radius 1 is 1.21 bits per heavy atom. The van der Waals surface area contributed by atoms with E-state index in [9.17, 15) is 0 Å². The summed E-state index contributed by atoms with van der Waals surface area (Å²) in [5, 5.41) is 0. The normalized spacial score (nSPS) is 21.4. The Balaban J connectivity index is 0.00000169. The van der Waals surface area contributed by atoms with Crippen molar-refractivity contribution < 1.29 is 18.9 Å². The zero-order valence-corrected chi connectivity index (χ0v) is 12.7. The Kier molecular flexibility index (Phi) is 6.98. The summed E-state index contributed by atoms with van der Waals surface area (Å²) in [5.74, 6) is 2.74. The molecule has 1 rings (SSSR count). The van der Waals surface area contributed by atoms with Crippen molar-refractivity contribution in [1.82, 2.24) is 0 Å². The molecular weight excluding hydrogens is 219 g/mol. The van der Waals surface area contributed by atoms with Crippen LogP contribution in [0.15, 0.2) is 0 Å². The van der Waals surface area contributed by atoms with Crippen LogP contribution >= 0.6 is 23.5 Å². The van der Waals surface area contributed by atoms with Crippen LogP contribution in [-0.4, -0.2) is 23.3 Å². The molecule has 1 fully saturated rings. The van der Waals surface area contributed by atoms with Crippen molar-refractivity contribution in [2.75, 3.05) is 11.5 Å².